The highest BCUT2D eigenvalue weighted by molar-refractivity contribution is 7.72. The predicted octanol–water partition coefficient (Wildman–Crippen LogP) is 3.98. The first-order valence-corrected chi connectivity index (χ1v) is 6.82. The van der Waals surface area contributed by atoms with E-state index in [1.807, 2.05) is 0 Å². The second-order valence-corrected chi connectivity index (χ2v) is 5.94. The van der Waals surface area contributed by atoms with Crippen molar-refractivity contribution in [2.45, 2.75) is 6.92 Å². The van der Waals surface area contributed by atoms with Crippen LogP contribution in [0.1, 0.15) is 6.92 Å². The molecule has 0 spiro atoms. The van der Waals surface area contributed by atoms with Crippen molar-refractivity contribution in [3.8, 4) is 0 Å². The van der Waals surface area contributed by atoms with Gasteiger partial charge in [0.2, 0.25) is 0 Å². The summed E-state index contributed by atoms with van der Waals surface area (Å²) in [5.41, 5.74) is 0. The lowest BCUT2D eigenvalue weighted by Gasteiger charge is -2.16. The lowest BCUT2D eigenvalue weighted by molar-refractivity contribution is 1.51. The van der Waals surface area contributed by atoms with Crippen molar-refractivity contribution in [3.05, 3.63) is 60.7 Å². The summed E-state index contributed by atoms with van der Waals surface area (Å²) >= 11 is 0. The molecular formula is C14H17Cl2P. The van der Waals surface area contributed by atoms with Gasteiger partial charge in [0.05, 0.1) is 0 Å². The summed E-state index contributed by atoms with van der Waals surface area (Å²) in [6.07, 6.45) is 1.21. The average molecular weight is 287 g/mol. The maximum Gasteiger partial charge on any atom is -0.0195 e. The van der Waals surface area contributed by atoms with E-state index in [2.05, 4.69) is 67.6 Å². The van der Waals surface area contributed by atoms with E-state index < -0.39 is 0 Å². The monoisotopic (exact) mass is 286 g/mol. The van der Waals surface area contributed by atoms with E-state index >= 15 is 0 Å². The number of hydrogen-bond donors (Lipinski definition) is 0. The van der Waals surface area contributed by atoms with E-state index in [4.69, 9.17) is 0 Å². The molecule has 0 radical (unpaired) electrons. The second-order valence-electron chi connectivity index (χ2n) is 3.42. The molecule has 0 aromatic heterocycles. The van der Waals surface area contributed by atoms with Crippen LogP contribution in [0.2, 0.25) is 0 Å². The Bertz CT molecular complexity index is 364. The van der Waals surface area contributed by atoms with Gasteiger partial charge in [0, 0.05) is 0 Å². The molecule has 2 aromatic carbocycles. The zero-order chi connectivity index (χ0) is 10.5. The highest BCUT2D eigenvalue weighted by atomic mass is 35.5. The Balaban J connectivity index is 0.00000128. The highest BCUT2D eigenvalue weighted by Gasteiger charge is 2.09. The molecule has 2 rings (SSSR count). The Kier molecular flexibility index (Phi) is 8.25. The maximum atomic E-state index is 2.27. The molecule has 0 N–H and O–H groups in total. The van der Waals surface area contributed by atoms with E-state index in [1.54, 1.807) is 0 Å². The molecule has 0 saturated heterocycles. The molecule has 0 amide bonds. The summed E-state index contributed by atoms with van der Waals surface area (Å²) in [5.74, 6) is 0. The van der Waals surface area contributed by atoms with Gasteiger partial charge in [-0.3, -0.25) is 0 Å². The number of rotatable bonds is 3. The lowest BCUT2D eigenvalue weighted by atomic mass is 10.4. The quantitative estimate of drug-likeness (QED) is 0.749. The highest BCUT2D eigenvalue weighted by Crippen LogP contribution is 2.32. The fraction of sp³-hybridized carbons (Fsp3) is 0.143. The summed E-state index contributed by atoms with van der Waals surface area (Å²) in [7, 11) is -0.149. The van der Waals surface area contributed by atoms with Gasteiger partial charge in [0.15, 0.2) is 0 Å². The van der Waals surface area contributed by atoms with Crippen LogP contribution in [0.5, 0.6) is 0 Å². The molecule has 17 heavy (non-hydrogen) atoms. The van der Waals surface area contributed by atoms with Crippen molar-refractivity contribution < 1.29 is 0 Å². The van der Waals surface area contributed by atoms with Gasteiger partial charge in [-0.2, -0.15) is 0 Å². The molecule has 0 unspecified atom stereocenters. The molecule has 2 aromatic rings. The van der Waals surface area contributed by atoms with Gasteiger partial charge in [0.1, 0.15) is 0 Å². The fourth-order valence-corrected chi connectivity index (χ4v) is 3.82. The summed E-state index contributed by atoms with van der Waals surface area (Å²) < 4.78 is 0. The van der Waals surface area contributed by atoms with Gasteiger partial charge in [-0.15, -0.1) is 24.8 Å². The van der Waals surface area contributed by atoms with Gasteiger partial charge in [-0.25, -0.2) is 0 Å². The van der Waals surface area contributed by atoms with Gasteiger partial charge >= 0.3 is 0 Å². The standard InChI is InChI=1S/C14H15P.2ClH/c1-2-15(13-9-5-3-6-10-13)14-11-7-4-8-12-14;;/h3-12H,2H2,1H3;2*1H. The summed E-state index contributed by atoms with van der Waals surface area (Å²) in [6.45, 7) is 2.27. The van der Waals surface area contributed by atoms with Crippen LogP contribution in [-0.2, 0) is 0 Å². The molecule has 0 nitrogen and oxygen atoms in total. The molecular weight excluding hydrogens is 270 g/mol. The van der Waals surface area contributed by atoms with E-state index in [0.717, 1.165) is 0 Å². The van der Waals surface area contributed by atoms with Gasteiger partial charge in [-0.05, 0) is 24.7 Å². The third-order valence-electron chi connectivity index (χ3n) is 2.45. The minimum Gasteiger partial charge on any atom is -0.147 e. The smallest absolute Gasteiger partial charge is 0.0195 e. The van der Waals surface area contributed by atoms with Crippen molar-refractivity contribution in [1.82, 2.24) is 0 Å². The Hall–Kier alpha value is -0.550. The Morgan fingerprint density at radius 2 is 1.06 bits per heavy atom. The van der Waals surface area contributed by atoms with Crippen molar-refractivity contribution in [2.75, 3.05) is 6.16 Å². The summed E-state index contributed by atoms with van der Waals surface area (Å²) in [4.78, 5) is 0. The molecule has 0 bridgehead atoms. The predicted molar refractivity (Wildman–Crippen MR) is 84.1 cm³/mol. The van der Waals surface area contributed by atoms with E-state index in [0.29, 0.717) is 0 Å². The number of halogens is 2. The Labute approximate surface area is 117 Å². The zero-order valence-corrected chi connectivity index (χ0v) is 12.3. The van der Waals surface area contributed by atoms with Crippen molar-refractivity contribution in [1.29, 1.82) is 0 Å². The van der Waals surface area contributed by atoms with Crippen molar-refractivity contribution >= 4 is 43.3 Å². The first-order chi connectivity index (χ1) is 7.42. The van der Waals surface area contributed by atoms with Crippen LogP contribution in [0.25, 0.3) is 0 Å². The van der Waals surface area contributed by atoms with Gasteiger partial charge < -0.3 is 0 Å². The maximum absolute atomic E-state index is 2.27. The van der Waals surface area contributed by atoms with E-state index in [1.165, 1.54) is 16.8 Å². The van der Waals surface area contributed by atoms with E-state index in [-0.39, 0.29) is 32.7 Å². The SMILES string of the molecule is CCP(c1ccccc1)c1ccccc1.Cl.Cl. The van der Waals surface area contributed by atoms with Gasteiger partial charge in [-0.1, -0.05) is 67.6 Å². The second kappa shape index (κ2) is 8.53. The molecule has 0 fully saturated rings. The molecule has 0 atom stereocenters. The first kappa shape index (κ1) is 16.4. The topological polar surface area (TPSA) is 0 Å². The van der Waals surface area contributed by atoms with Crippen molar-refractivity contribution in [2.24, 2.45) is 0 Å². The molecule has 0 saturated carbocycles. The van der Waals surface area contributed by atoms with Crippen LogP contribution in [0, 0.1) is 0 Å². The van der Waals surface area contributed by atoms with Crippen LogP contribution in [0.3, 0.4) is 0 Å². The number of benzene rings is 2. The van der Waals surface area contributed by atoms with E-state index in [9.17, 15) is 0 Å². The molecule has 92 valence electrons. The summed E-state index contributed by atoms with van der Waals surface area (Å²) in [6, 6.07) is 21.6. The third kappa shape index (κ3) is 4.32. The Morgan fingerprint density at radius 1 is 0.706 bits per heavy atom. The summed E-state index contributed by atoms with van der Waals surface area (Å²) in [5, 5.41) is 2.95. The normalized spacial score (nSPS) is 9.29. The van der Waals surface area contributed by atoms with Gasteiger partial charge in [0.25, 0.3) is 0 Å². The Morgan fingerprint density at radius 3 is 1.35 bits per heavy atom. The molecule has 0 aliphatic heterocycles. The average Bonchev–Trinajstić information content (AvgIpc) is 2.33. The van der Waals surface area contributed by atoms with Crippen LogP contribution >= 0.6 is 32.7 Å². The van der Waals surface area contributed by atoms with Crippen LogP contribution < -0.4 is 10.6 Å². The van der Waals surface area contributed by atoms with Crippen LogP contribution in [-0.4, -0.2) is 6.16 Å². The lowest BCUT2D eigenvalue weighted by Crippen LogP contribution is -2.12. The first-order valence-electron chi connectivity index (χ1n) is 5.29. The van der Waals surface area contributed by atoms with Crippen LogP contribution in [0.4, 0.5) is 0 Å². The molecule has 0 heterocycles. The van der Waals surface area contributed by atoms with Crippen LogP contribution in [0.15, 0.2) is 60.7 Å². The molecule has 0 aliphatic carbocycles. The fourth-order valence-electron chi connectivity index (χ4n) is 1.73. The third-order valence-corrected chi connectivity index (χ3v) is 4.93. The molecule has 0 aliphatic rings. The zero-order valence-electron chi connectivity index (χ0n) is 9.74. The number of hydrogen-bond acceptors (Lipinski definition) is 0. The minimum absolute atomic E-state index is 0. The largest absolute Gasteiger partial charge is 0.147 e. The minimum atomic E-state index is -0.149. The van der Waals surface area contributed by atoms with Crippen molar-refractivity contribution in [3.63, 3.8) is 0 Å². The molecule has 3 heteroatoms.